The van der Waals surface area contributed by atoms with E-state index in [1.807, 2.05) is 42.7 Å². The van der Waals surface area contributed by atoms with Crippen LogP contribution in [0.1, 0.15) is 38.6 Å². The molecule has 0 spiro atoms. The van der Waals surface area contributed by atoms with Gasteiger partial charge in [-0.2, -0.15) is 0 Å². The Labute approximate surface area is 157 Å². The molecule has 0 aliphatic heterocycles. The molecule has 0 bridgehead atoms. The van der Waals surface area contributed by atoms with Gasteiger partial charge >= 0.3 is 0 Å². The second kappa shape index (κ2) is 9.38. The van der Waals surface area contributed by atoms with Crippen LogP contribution >= 0.6 is 11.8 Å². The van der Waals surface area contributed by atoms with Gasteiger partial charge in [-0.1, -0.05) is 30.8 Å². The average molecular weight is 375 g/mol. The van der Waals surface area contributed by atoms with Crippen molar-refractivity contribution in [2.75, 3.05) is 5.32 Å². The van der Waals surface area contributed by atoms with Crippen molar-refractivity contribution >= 4 is 29.3 Å². The predicted molar refractivity (Wildman–Crippen MR) is 103 cm³/mol. The van der Waals surface area contributed by atoms with Crippen LogP contribution in [-0.2, 0) is 29.0 Å². The van der Waals surface area contributed by atoms with Crippen LogP contribution in [0.4, 0.5) is 5.69 Å². The highest BCUT2D eigenvalue weighted by Crippen LogP contribution is 2.24. The molecule has 8 heteroatoms. The zero-order valence-corrected chi connectivity index (χ0v) is 16.2. The summed E-state index contributed by atoms with van der Waals surface area (Å²) in [6, 6.07) is 7.83. The van der Waals surface area contributed by atoms with Crippen LogP contribution in [0.25, 0.3) is 0 Å². The largest absolute Gasteiger partial charge is 0.370 e. The summed E-state index contributed by atoms with van der Waals surface area (Å²) in [4.78, 5) is 23.4. The van der Waals surface area contributed by atoms with Gasteiger partial charge < -0.3 is 15.6 Å². The molecule has 26 heavy (non-hydrogen) atoms. The van der Waals surface area contributed by atoms with E-state index in [0.717, 1.165) is 12.1 Å². The van der Waals surface area contributed by atoms with Crippen LogP contribution in [0.2, 0.25) is 0 Å². The summed E-state index contributed by atoms with van der Waals surface area (Å²) in [5.41, 5.74) is 7.20. The van der Waals surface area contributed by atoms with Crippen molar-refractivity contribution < 1.29 is 9.59 Å². The van der Waals surface area contributed by atoms with Gasteiger partial charge in [0, 0.05) is 25.1 Å². The van der Waals surface area contributed by atoms with Crippen molar-refractivity contribution in [3.05, 3.63) is 35.7 Å². The smallest absolute Gasteiger partial charge is 0.237 e. The predicted octanol–water partition coefficient (Wildman–Crippen LogP) is 2.40. The molecule has 0 fully saturated rings. The number of hydrogen-bond donors (Lipinski definition) is 2. The summed E-state index contributed by atoms with van der Waals surface area (Å²) < 4.78 is 1.91. The third-order valence-corrected chi connectivity index (χ3v) is 5.07. The molecule has 0 aliphatic rings. The van der Waals surface area contributed by atoms with Gasteiger partial charge in [0.1, 0.15) is 5.82 Å². The quantitative estimate of drug-likeness (QED) is 0.655. The Hall–Kier alpha value is -2.35. The number of carbonyl (C=O) groups is 2. The Morgan fingerprint density at radius 1 is 1.23 bits per heavy atom. The summed E-state index contributed by atoms with van der Waals surface area (Å²) in [6.07, 6.45) is 1.64. The van der Waals surface area contributed by atoms with Gasteiger partial charge in [0.25, 0.3) is 0 Å². The van der Waals surface area contributed by atoms with Gasteiger partial charge in [-0.15, -0.1) is 10.2 Å². The van der Waals surface area contributed by atoms with Gasteiger partial charge in [0.15, 0.2) is 5.16 Å². The molecule has 3 N–H and O–H groups in total. The lowest BCUT2D eigenvalue weighted by Crippen LogP contribution is -2.23. The molecule has 0 radical (unpaired) electrons. The van der Waals surface area contributed by atoms with Crippen molar-refractivity contribution in [3.63, 3.8) is 0 Å². The van der Waals surface area contributed by atoms with E-state index in [2.05, 4.69) is 22.4 Å². The van der Waals surface area contributed by atoms with Crippen LogP contribution in [0, 0.1) is 0 Å². The summed E-state index contributed by atoms with van der Waals surface area (Å²) in [5.74, 6) is 0.242. The summed E-state index contributed by atoms with van der Waals surface area (Å²) >= 11 is 1.35. The Bertz CT molecular complexity index is 757. The lowest BCUT2D eigenvalue weighted by Gasteiger charge is -2.13. The maximum Gasteiger partial charge on any atom is 0.237 e. The van der Waals surface area contributed by atoms with Crippen LogP contribution < -0.4 is 11.1 Å². The molecule has 0 saturated carbocycles. The lowest BCUT2D eigenvalue weighted by atomic mass is 10.1. The molecule has 0 saturated heterocycles. The van der Waals surface area contributed by atoms with E-state index in [-0.39, 0.29) is 23.5 Å². The molecule has 1 aromatic carbocycles. The molecule has 140 valence electrons. The van der Waals surface area contributed by atoms with Crippen LogP contribution in [-0.4, -0.2) is 31.8 Å². The van der Waals surface area contributed by atoms with E-state index in [1.54, 1.807) is 0 Å². The number of aromatic nitrogens is 3. The average Bonchev–Trinajstić information content (AvgIpc) is 3.02. The molecule has 1 atom stereocenters. The van der Waals surface area contributed by atoms with Crippen molar-refractivity contribution in [3.8, 4) is 0 Å². The number of anilines is 1. The molecule has 2 amide bonds. The van der Waals surface area contributed by atoms with E-state index in [9.17, 15) is 9.59 Å². The van der Waals surface area contributed by atoms with Gasteiger partial charge in [-0.25, -0.2) is 0 Å². The van der Waals surface area contributed by atoms with E-state index >= 15 is 0 Å². The minimum absolute atomic E-state index is 0.0939. The number of amides is 2. The first kappa shape index (κ1) is 20.0. The van der Waals surface area contributed by atoms with E-state index in [0.29, 0.717) is 23.9 Å². The number of nitrogens with one attached hydrogen (secondary N) is 1. The van der Waals surface area contributed by atoms with Crippen molar-refractivity contribution in [2.45, 2.75) is 57.0 Å². The molecule has 0 aliphatic carbocycles. The maximum atomic E-state index is 12.4. The molecular formula is C18H25N5O2S. The minimum Gasteiger partial charge on any atom is -0.370 e. The third kappa shape index (κ3) is 5.32. The third-order valence-electron chi connectivity index (χ3n) is 3.99. The number of hydrogen-bond acceptors (Lipinski definition) is 5. The van der Waals surface area contributed by atoms with Crippen LogP contribution in [0.3, 0.4) is 0 Å². The zero-order chi connectivity index (χ0) is 19.1. The number of rotatable bonds is 9. The van der Waals surface area contributed by atoms with E-state index < -0.39 is 0 Å². The monoisotopic (exact) mass is 375 g/mol. The maximum absolute atomic E-state index is 12.4. The highest BCUT2D eigenvalue weighted by atomic mass is 32.2. The number of nitrogens with two attached hydrogens (primary N) is 1. The highest BCUT2D eigenvalue weighted by molar-refractivity contribution is 8.00. The molecule has 1 heterocycles. The minimum atomic E-state index is -0.369. The first-order valence-corrected chi connectivity index (χ1v) is 9.59. The molecule has 0 unspecified atom stereocenters. The molecular weight excluding hydrogens is 350 g/mol. The number of primary amides is 1. The van der Waals surface area contributed by atoms with Gasteiger partial charge in [0.2, 0.25) is 11.8 Å². The Morgan fingerprint density at radius 3 is 2.50 bits per heavy atom. The van der Waals surface area contributed by atoms with Crippen molar-refractivity contribution in [1.29, 1.82) is 0 Å². The number of aryl methyl sites for hydroxylation is 2. The molecule has 2 aromatic rings. The number of thioether (sulfide) groups is 1. The highest BCUT2D eigenvalue weighted by Gasteiger charge is 2.20. The van der Waals surface area contributed by atoms with Crippen LogP contribution in [0.5, 0.6) is 0 Å². The van der Waals surface area contributed by atoms with E-state index in [1.165, 1.54) is 17.3 Å². The van der Waals surface area contributed by atoms with Crippen molar-refractivity contribution in [2.24, 2.45) is 5.73 Å². The van der Waals surface area contributed by atoms with Gasteiger partial charge in [0.05, 0.1) is 5.25 Å². The molecule has 7 nitrogen and oxygen atoms in total. The number of nitrogens with zero attached hydrogens (tertiary/aromatic N) is 3. The Balaban J connectivity index is 2.00. The zero-order valence-electron chi connectivity index (χ0n) is 15.4. The topological polar surface area (TPSA) is 103 Å². The summed E-state index contributed by atoms with van der Waals surface area (Å²) in [5, 5.41) is 11.5. The Morgan fingerprint density at radius 2 is 1.92 bits per heavy atom. The van der Waals surface area contributed by atoms with Gasteiger partial charge in [-0.05, 0) is 38.0 Å². The molecule has 2 rings (SSSR count). The summed E-state index contributed by atoms with van der Waals surface area (Å²) in [6.45, 7) is 6.56. The second-order valence-corrected chi connectivity index (χ2v) is 7.22. The normalized spacial score (nSPS) is 12.0. The van der Waals surface area contributed by atoms with Crippen molar-refractivity contribution in [1.82, 2.24) is 14.8 Å². The Kier molecular flexibility index (Phi) is 7.20. The fourth-order valence-corrected chi connectivity index (χ4v) is 3.35. The second-order valence-electron chi connectivity index (χ2n) is 5.91. The fourth-order valence-electron chi connectivity index (χ4n) is 2.42. The fraction of sp³-hybridized carbons (Fsp3) is 0.444. The summed E-state index contributed by atoms with van der Waals surface area (Å²) in [7, 11) is 0. The van der Waals surface area contributed by atoms with Gasteiger partial charge in [-0.3, -0.25) is 9.59 Å². The molecule has 1 aromatic heterocycles. The first-order chi connectivity index (χ1) is 12.4. The lowest BCUT2D eigenvalue weighted by molar-refractivity contribution is -0.118. The number of benzene rings is 1. The number of carbonyl (C=O) groups excluding carboxylic acids is 2. The standard InChI is InChI=1S/C18H25N5O2S/c1-4-13-6-8-14(9-7-13)20-17(25)12(3)26-18-22-21-16(23(18)5-2)11-10-15(19)24/h6-9,12H,4-5,10-11H2,1-3H3,(H2,19,24)(H,20,25)/t12-/m1/s1. The first-order valence-electron chi connectivity index (χ1n) is 8.71. The van der Waals surface area contributed by atoms with E-state index in [4.69, 9.17) is 5.73 Å². The SMILES string of the molecule is CCc1ccc(NC(=O)[C@@H](C)Sc2nnc(CCC(N)=O)n2CC)cc1. The van der Waals surface area contributed by atoms with Crippen LogP contribution in [0.15, 0.2) is 29.4 Å².